The van der Waals surface area contributed by atoms with E-state index in [9.17, 15) is 19.2 Å². The van der Waals surface area contributed by atoms with Gasteiger partial charge in [-0.2, -0.15) is 0 Å². The lowest BCUT2D eigenvalue weighted by Gasteiger charge is -2.30. The molecule has 4 saturated heterocycles. The standard InChI is InChI=1S/C61H66N8O6/c1-4-32-74-60(72)68-30-8-12-54(68)58(70)66-28-6-10-52(66)56-62-37-50(64-56)44-23-18-42(19-24-44)48-35-40-14-16-41-22-27-46(39(3)34-47(48)17-15-40)36-49(41)43-20-25-45(26-21-43)51-38-63-57(65-51)53-11-7-29-67(53)59(71)55-13-9-31-69(55)61(73)75-33-5-2/h4-5,15,17-27,35-39,52-55H,1-2,6-14,16,28-34H2,3H3,(H,62,64)(H,63,65). The molecular formula is C61H66N8O6. The van der Waals surface area contributed by atoms with E-state index in [2.05, 4.69) is 115 Å². The maximum absolute atomic E-state index is 13.9. The van der Waals surface area contributed by atoms with E-state index in [1.165, 1.54) is 56.7 Å². The molecule has 8 aliphatic rings. The highest BCUT2D eigenvalue weighted by Crippen LogP contribution is 2.39. The Balaban J connectivity index is 0.758. The molecule has 4 fully saturated rings. The van der Waals surface area contributed by atoms with Crippen molar-refractivity contribution < 1.29 is 28.7 Å². The van der Waals surface area contributed by atoms with Crippen molar-refractivity contribution in [2.75, 3.05) is 39.4 Å². The average Bonchev–Trinajstić information content (AvgIpc) is 4.31. The predicted molar refractivity (Wildman–Crippen MR) is 288 cm³/mol. The lowest BCUT2D eigenvalue weighted by molar-refractivity contribution is -0.137. The predicted octanol–water partition coefficient (Wildman–Crippen LogP) is 11.1. The van der Waals surface area contributed by atoms with Crippen LogP contribution in [0.25, 0.3) is 44.8 Å². The molecule has 0 spiro atoms. The van der Waals surface area contributed by atoms with Crippen molar-refractivity contribution in [1.82, 2.24) is 39.5 Å². The average molecular weight is 1010 g/mol. The lowest BCUT2D eigenvalue weighted by atomic mass is 9.84. The zero-order chi connectivity index (χ0) is 51.6. The van der Waals surface area contributed by atoms with Gasteiger partial charge in [-0.3, -0.25) is 19.4 Å². The number of imidazole rings is 2. The molecule has 386 valence electrons. The Morgan fingerprint density at radius 3 is 1.56 bits per heavy atom. The van der Waals surface area contributed by atoms with E-state index in [1.54, 1.807) is 9.80 Å². The van der Waals surface area contributed by atoms with Crippen molar-refractivity contribution in [1.29, 1.82) is 0 Å². The van der Waals surface area contributed by atoms with Gasteiger partial charge in [0.2, 0.25) is 11.8 Å². The summed E-state index contributed by atoms with van der Waals surface area (Å²) in [6.07, 6.45) is 14.7. The molecule has 6 heterocycles. The first-order valence-electron chi connectivity index (χ1n) is 26.9. The fourth-order valence-electron chi connectivity index (χ4n) is 12.2. The van der Waals surface area contributed by atoms with Crippen molar-refractivity contribution in [3.05, 3.63) is 157 Å². The zero-order valence-electron chi connectivity index (χ0n) is 42.8. The van der Waals surface area contributed by atoms with Crippen LogP contribution >= 0.6 is 0 Å². The number of aryl methyl sites for hydroxylation is 2. The summed E-state index contributed by atoms with van der Waals surface area (Å²) in [7, 11) is 0. The van der Waals surface area contributed by atoms with Gasteiger partial charge >= 0.3 is 12.2 Å². The van der Waals surface area contributed by atoms with Gasteiger partial charge in [-0.1, -0.05) is 117 Å². The second-order valence-electron chi connectivity index (χ2n) is 20.8. The van der Waals surface area contributed by atoms with Crippen LogP contribution in [0.5, 0.6) is 0 Å². The molecule has 75 heavy (non-hydrogen) atoms. The molecule has 4 aromatic carbocycles. The van der Waals surface area contributed by atoms with E-state index < -0.39 is 24.3 Å². The van der Waals surface area contributed by atoms with Gasteiger partial charge in [0.1, 0.15) is 36.9 Å². The Kier molecular flexibility index (Phi) is 14.3. The molecule has 14 nitrogen and oxygen atoms in total. The van der Waals surface area contributed by atoms with Crippen LogP contribution in [0.2, 0.25) is 0 Å². The summed E-state index contributed by atoms with van der Waals surface area (Å²) in [6, 6.07) is 30.1. The third-order valence-corrected chi connectivity index (χ3v) is 16.2. The fraction of sp³-hybridized carbons (Fsp3) is 0.377. The normalized spacial score (nSPS) is 21.3. The molecular weight excluding hydrogens is 941 g/mol. The summed E-state index contributed by atoms with van der Waals surface area (Å²) in [5, 5.41) is 0. The summed E-state index contributed by atoms with van der Waals surface area (Å²) in [5.41, 5.74) is 13.9. The highest BCUT2D eigenvalue weighted by Gasteiger charge is 2.43. The van der Waals surface area contributed by atoms with Gasteiger partial charge in [0, 0.05) is 26.2 Å². The van der Waals surface area contributed by atoms with E-state index in [0.29, 0.717) is 39.0 Å². The first-order valence-corrected chi connectivity index (χ1v) is 26.9. The van der Waals surface area contributed by atoms with Crippen molar-refractivity contribution >= 4 is 24.0 Å². The highest BCUT2D eigenvalue weighted by molar-refractivity contribution is 5.88. The van der Waals surface area contributed by atoms with Gasteiger partial charge in [-0.05, 0) is 132 Å². The third-order valence-electron chi connectivity index (χ3n) is 16.2. The molecule has 0 saturated carbocycles. The molecule has 2 N–H and O–H groups in total. The SMILES string of the molecule is C=CCOC(=O)N1CCCC1C(=O)N1CCCC1c1ncc(-c2ccc(-c3cc4ccc3CCc3ccc(c(-c5ccc(-c6cnc(C7CCCN7C(=O)C7CCCN7C(=O)OCC=C)[nH]6)cc5)c3)CC4C)cc2)[nH]1. The lowest BCUT2D eigenvalue weighted by Crippen LogP contribution is -2.47. The summed E-state index contributed by atoms with van der Waals surface area (Å²) in [6.45, 7) is 12.1. The van der Waals surface area contributed by atoms with Crippen molar-refractivity contribution in [3.8, 4) is 44.8 Å². The second kappa shape index (κ2) is 21.6. The molecule has 14 rings (SSSR count). The molecule has 0 radical (unpaired) electrons. The summed E-state index contributed by atoms with van der Waals surface area (Å²) in [5.74, 6) is 1.72. The first kappa shape index (κ1) is 49.5. The number of aromatic nitrogens is 4. The first-order chi connectivity index (χ1) is 36.6. The number of H-pyrrole nitrogens is 2. The summed E-state index contributed by atoms with van der Waals surface area (Å²) < 4.78 is 10.6. The minimum absolute atomic E-state index is 0.0414. The van der Waals surface area contributed by atoms with Gasteiger partial charge in [0.05, 0.1) is 35.9 Å². The molecule has 4 amide bonds. The van der Waals surface area contributed by atoms with Crippen LogP contribution < -0.4 is 0 Å². The number of hydrogen-bond acceptors (Lipinski definition) is 8. The maximum atomic E-state index is 13.9. The number of nitrogens with one attached hydrogen (secondary N) is 2. The Morgan fingerprint density at radius 2 is 1.04 bits per heavy atom. The molecule has 5 unspecified atom stereocenters. The minimum atomic E-state index is -0.525. The largest absolute Gasteiger partial charge is 0.445 e. The molecule has 5 atom stereocenters. The number of carbonyl (C=O) groups is 4. The van der Waals surface area contributed by atoms with Crippen LogP contribution in [-0.2, 0) is 38.3 Å². The molecule has 2 aromatic heterocycles. The van der Waals surface area contributed by atoms with Gasteiger partial charge in [-0.15, -0.1) is 0 Å². The number of hydrogen-bond donors (Lipinski definition) is 2. The van der Waals surface area contributed by atoms with Crippen LogP contribution in [0.1, 0.15) is 110 Å². The number of rotatable bonds is 12. The molecule has 4 bridgehead atoms. The third kappa shape index (κ3) is 10.0. The number of nitrogens with zero attached hydrogens (tertiary/aromatic N) is 6. The van der Waals surface area contributed by atoms with Gasteiger partial charge < -0.3 is 29.2 Å². The zero-order valence-corrected chi connectivity index (χ0v) is 42.8. The van der Waals surface area contributed by atoms with Crippen molar-refractivity contribution in [3.63, 3.8) is 0 Å². The number of carbonyl (C=O) groups excluding carboxylic acids is 4. The number of aromatic amines is 2. The van der Waals surface area contributed by atoms with Crippen LogP contribution in [0.4, 0.5) is 9.59 Å². The molecule has 4 aliphatic heterocycles. The second-order valence-corrected chi connectivity index (χ2v) is 20.8. The van der Waals surface area contributed by atoms with Gasteiger partial charge in [0.25, 0.3) is 0 Å². The number of likely N-dealkylation sites (tertiary alicyclic amines) is 4. The van der Waals surface area contributed by atoms with Gasteiger partial charge in [-0.25, -0.2) is 19.6 Å². The quantitative estimate of drug-likeness (QED) is 0.115. The van der Waals surface area contributed by atoms with Crippen LogP contribution in [0.15, 0.2) is 123 Å². The summed E-state index contributed by atoms with van der Waals surface area (Å²) >= 11 is 0. The minimum Gasteiger partial charge on any atom is -0.445 e. The smallest absolute Gasteiger partial charge is 0.410 e. The maximum Gasteiger partial charge on any atom is 0.410 e. The molecule has 4 aliphatic carbocycles. The van der Waals surface area contributed by atoms with E-state index in [4.69, 9.17) is 19.4 Å². The van der Waals surface area contributed by atoms with Crippen LogP contribution in [-0.4, -0.2) is 115 Å². The fourth-order valence-corrected chi connectivity index (χ4v) is 12.2. The molecule has 14 heteroatoms. The molecule has 6 aromatic rings. The van der Waals surface area contributed by atoms with Crippen molar-refractivity contribution in [2.24, 2.45) is 0 Å². The Bertz CT molecular complexity index is 3110. The Hall–Kier alpha value is -7.74. The summed E-state index contributed by atoms with van der Waals surface area (Å²) in [4.78, 5) is 77.0. The number of amides is 4. The topological polar surface area (TPSA) is 157 Å². The monoisotopic (exact) mass is 1010 g/mol. The van der Waals surface area contributed by atoms with E-state index in [-0.39, 0.29) is 43.0 Å². The number of ether oxygens (including phenoxy) is 2. The van der Waals surface area contributed by atoms with Crippen LogP contribution in [0.3, 0.4) is 0 Å². The van der Waals surface area contributed by atoms with Gasteiger partial charge in [0.15, 0.2) is 0 Å². The Morgan fingerprint density at radius 1 is 0.573 bits per heavy atom. The highest BCUT2D eigenvalue weighted by atomic mass is 16.6. The Labute approximate surface area is 438 Å². The van der Waals surface area contributed by atoms with E-state index >= 15 is 0 Å². The number of benzene rings is 4. The van der Waals surface area contributed by atoms with Crippen LogP contribution in [0, 0.1) is 0 Å². The van der Waals surface area contributed by atoms with Crippen molar-refractivity contribution in [2.45, 2.75) is 108 Å². The van der Waals surface area contributed by atoms with E-state index in [1.807, 2.05) is 22.2 Å². The van der Waals surface area contributed by atoms with E-state index in [0.717, 1.165) is 92.0 Å².